The van der Waals surface area contributed by atoms with Crippen LogP contribution in [0.5, 0.6) is 5.75 Å². The minimum Gasteiger partial charge on any atom is -0.508 e. The van der Waals surface area contributed by atoms with Crippen molar-refractivity contribution in [3.63, 3.8) is 0 Å². The van der Waals surface area contributed by atoms with Crippen molar-refractivity contribution in [2.45, 2.75) is 26.2 Å². The molecule has 0 fully saturated rings. The smallest absolute Gasteiger partial charge is 0.144 e. The first-order valence-electron chi connectivity index (χ1n) is 18.9. The Balaban J connectivity index is 1.10. The summed E-state index contributed by atoms with van der Waals surface area (Å²) in [4.78, 5) is 14.1. The van der Waals surface area contributed by atoms with Crippen LogP contribution < -0.4 is 4.90 Å². The van der Waals surface area contributed by atoms with Gasteiger partial charge in [-0.05, 0) is 142 Å². The van der Waals surface area contributed by atoms with E-state index in [1.165, 1.54) is 27.5 Å². The Morgan fingerprint density at radius 1 is 0.691 bits per heavy atom. The molecule has 9 rings (SSSR count). The van der Waals surface area contributed by atoms with Gasteiger partial charge < -0.3 is 14.6 Å². The van der Waals surface area contributed by atoms with E-state index in [0.29, 0.717) is 5.92 Å². The lowest BCUT2D eigenvalue weighted by Crippen LogP contribution is -2.15. The number of benzene rings is 7. The minimum atomic E-state index is 0.241. The van der Waals surface area contributed by atoms with Gasteiger partial charge in [-0.3, -0.25) is 4.79 Å². The Hall–Kier alpha value is -6.91. The van der Waals surface area contributed by atoms with Gasteiger partial charge in [0.1, 0.15) is 12.0 Å². The number of aromatic hydroxyl groups is 1. The Kier molecular flexibility index (Phi) is 8.72. The van der Waals surface area contributed by atoms with Crippen molar-refractivity contribution in [3.8, 4) is 33.7 Å². The van der Waals surface area contributed by atoms with Crippen LogP contribution >= 0.6 is 0 Å². The second-order valence-corrected chi connectivity index (χ2v) is 14.3. The Morgan fingerprint density at radius 2 is 1.33 bits per heavy atom. The maximum Gasteiger partial charge on any atom is 0.144 e. The van der Waals surface area contributed by atoms with Crippen LogP contribution in [0.2, 0.25) is 0 Å². The van der Waals surface area contributed by atoms with Crippen molar-refractivity contribution in [1.29, 1.82) is 0 Å². The molecule has 4 heteroatoms. The molecule has 4 nitrogen and oxygen atoms in total. The minimum absolute atomic E-state index is 0.241. The standard InChI is InChI=1S/C51H40N2O2/c1-3-10-39(29-30-54)52(42-24-19-36(20-25-42)46-32-38-12-9-11-34(2)51(38)45-16-8-7-15-44(45)46)41-22-17-35(18-23-41)37-21-27-49-47(31-37)48-33-43(55)26-28-50(48)53(49)40-13-5-4-6-14-40/h3-10,12-34,55H,11H2,1-2H3/b10-3-,39-29+. The van der Waals surface area contributed by atoms with E-state index < -0.39 is 0 Å². The molecule has 0 saturated carbocycles. The normalized spacial score (nSPS) is 14.2. The summed E-state index contributed by atoms with van der Waals surface area (Å²) in [5, 5.41) is 15.1. The molecule has 1 unspecified atom stereocenters. The van der Waals surface area contributed by atoms with Gasteiger partial charge in [0.05, 0.1) is 11.0 Å². The fourth-order valence-corrected chi connectivity index (χ4v) is 8.39. The second kappa shape index (κ2) is 14.1. The summed E-state index contributed by atoms with van der Waals surface area (Å²) < 4.78 is 2.24. The highest BCUT2D eigenvalue weighted by atomic mass is 16.3. The summed E-state index contributed by atoms with van der Waals surface area (Å²) in [6, 6.07) is 50.7. The van der Waals surface area contributed by atoms with E-state index in [1.54, 1.807) is 12.1 Å². The predicted molar refractivity (Wildman–Crippen MR) is 230 cm³/mol. The molecule has 1 atom stereocenters. The molecule has 0 aliphatic heterocycles. The van der Waals surface area contributed by atoms with Crippen LogP contribution in [-0.4, -0.2) is 16.0 Å². The zero-order valence-electron chi connectivity index (χ0n) is 30.9. The summed E-state index contributed by atoms with van der Waals surface area (Å²) in [5.41, 5.74) is 13.1. The quantitative estimate of drug-likeness (QED) is 0.0969. The highest BCUT2D eigenvalue weighted by Crippen LogP contribution is 2.42. The number of hydrogen-bond donors (Lipinski definition) is 1. The fraction of sp³-hybridized carbons (Fsp3) is 0.0784. The third kappa shape index (κ3) is 6.02. The number of carbonyl (C=O) groups excluding carboxylic acids is 1. The molecule has 0 radical (unpaired) electrons. The predicted octanol–water partition coefficient (Wildman–Crippen LogP) is 13.3. The molecule has 7 aromatic carbocycles. The molecule has 1 aliphatic carbocycles. The lowest BCUT2D eigenvalue weighted by atomic mass is 9.82. The molecule has 266 valence electrons. The van der Waals surface area contributed by atoms with Crippen LogP contribution in [-0.2, 0) is 4.79 Å². The molecule has 55 heavy (non-hydrogen) atoms. The molecule has 0 spiro atoms. The fourth-order valence-electron chi connectivity index (χ4n) is 8.39. The summed E-state index contributed by atoms with van der Waals surface area (Å²) in [6.45, 7) is 4.28. The van der Waals surface area contributed by atoms with E-state index in [0.717, 1.165) is 74.0 Å². The Labute approximate surface area is 321 Å². The summed E-state index contributed by atoms with van der Waals surface area (Å²) in [5.74, 6) is 0.723. The second-order valence-electron chi connectivity index (χ2n) is 14.3. The van der Waals surface area contributed by atoms with Crippen LogP contribution in [0.15, 0.2) is 176 Å². The van der Waals surface area contributed by atoms with E-state index in [4.69, 9.17) is 0 Å². The van der Waals surface area contributed by atoms with E-state index in [-0.39, 0.29) is 5.75 Å². The van der Waals surface area contributed by atoms with Crippen LogP contribution in [0.1, 0.15) is 37.3 Å². The van der Waals surface area contributed by atoms with E-state index >= 15 is 0 Å². The number of para-hydroxylation sites is 1. The van der Waals surface area contributed by atoms with Crippen molar-refractivity contribution in [3.05, 3.63) is 187 Å². The summed E-state index contributed by atoms with van der Waals surface area (Å²) in [7, 11) is 0. The number of phenolic OH excluding ortho intramolecular Hbond substituents is 1. The molecule has 1 N–H and O–H groups in total. The average molecular weight is 713 g/mol. The number of fused-ring (bicyclic) bond motifs is 6. The maximum absolute atomic E-state index is 12.0. The van der Waals surface area contributed by atoms with Crippen LogP contribution in [0, 0.1) is 0 Å². The highest BCUT2D eigenvalue weighted by molar-refractivity contribution is 6.11. The number of aldehydes is 1. The van der Waals surface area contributed by atoms with E-state index in [1.807, 2.05) is 49.4 Å². The van der Waals surface area contributed by atoms with Gasteiger partial charge in [-0.15, -0.1) is 0 Å². The van der Waals surface area contributed by atoms with Gasteiger partial charge in [0.15, 0.2) is 0 Å². The summed E-state index contributed by atoms with van der Waals surface area (Å²) >= 11 is 0. The third-order valence-corrected chi connectivity index (χ3v) is 10.9. The number of hydrogen-bond acceptors (Lipinski definition) is 3. The van der Waals surface area contributed by atoms with Crippen molar-refractivity contribution < 1.29 is 9.90 Å². The molecule has 0 amide bonds. The number of nitrogens with zero attached hydrogens (tertiary/aromatic N) is 2. The lowest BCUT2D eigenvalue weighted by Gasteiger charge is -2.27. The van der Waals surface area contributed by atoms with Gasteiger partial charge >= 0.3 is 0 Å². The highest BCUT2D eigenvalue weighted by Gasteiger charge is 2.20. The Morgan fingerprint density at radius 3 is 2.04 bits per heavy atom. The monoisotopic (exact) mass is 712 g/mol. The number of phenols is 1. The van der Waals surface area contributed by atoms with Gasteiger partial charge in [0.2, 0.25) is 0 Å². The SMILES string of the molecule is C/C=C\C(=C/C=O)N(c1ccc(-c2ccc3c(c2)c2cc(O)ccc2n3-c2ccccc2)cc1)c1ccc(-c2cc3c(c4ccccc24)C(C)CC=C3)cc1. The zero-order chi connectivity index (χ0) is 37.5. The van der Waals surface area contributed by atoms with Crippen LogP contribution in [0.4, 0.5) is 11.4 Å². The molecule has 8 aromatic rings. The Bertz CT molecular complexity index is 2820. The molecule has 1 aromatic heterocycles. The number of rotatable bonds is 8. The largest absolute Gasteiger partial charge is 0.508 e. The molecule has 0 bridgehead atoms. The molecule has 1 heterocycles. The maximum atomic E-state index is 12.0. The van der Waals surface area contributed by atoms with E-state index in [9.17, 15) is 9.90 Å². The first kappa shape index (κ1) is 33.9. The van der Waals surface area contributed by atoms with Crippen molar-refractivity contribution in [2.24, 2.45) is 0 Å². The number of allylic oxidation sites excluding steroid dienone is 4. The molecular weight excluding hydrogens is 673 g/mol. The molecule has 1 aliphatic rings. The topological polar surface area (TPSA) is 45.5 Å². The summed E-state index contributed by atoms with van der Waals surface area (Å²) in [6.07, 6.45) is 12.0. The number of carbonyl (C=O) groups is 1. The first-order valence-corrected chi connectivity index (χ1v) is 18.9. The number of aromatic nitrogens is 1. The third-order valence-electron chi connectivity index (χ3n) is 10.9. The van der Waals surface area contributed by atoms with Crippen LogP contribution in [0.25, 0.3) is 66.6 Å². The number of anilines is 2. The first-order chi connectivity index (χ1) is 27.0. The lowest BCUT2D eigenvalue weighted by molar-refractivity contribution is -0.104. The van der Waals surface area contributed by atoms with Crippen molar-refractivity contribution in [1.82, 2.24) is 4.57 Å². The molecule has 0 saturated heterocycles. The van der Waals surface area contributed by atoms with Gasteiger partial charge in [0, 0.05) is 39.6 Å². The van der Waals surface area contributed by atoms with Gasteiger partial charge in [-0.25, -0.2) is 0 Å². The average Bonchev–Trinajstić information content (AvgIpc) is 3.54. The zero-order valence-corrected chi connectivity index (χ0v) is 30.9. The van der Waals surface area contributed by atoms with E-state index in [2.05, 4.69) is 138 Å². The van der Waals surface area contributed by atoms with Gasteiger partial charge in [0.25, 0.3) is 0 Å². The van der Waals surface area contributed by atoms with Gasteiger partial charge in [-0.2, -0.15) is 0 Å². The van der Waals surface area contributed by atoms with Gasteiger partial charge in [-0.1, -0.05) is 97.9 Å². The van der Waals surface area contributed by atoms with Crippen molar-refractivity contribution >= 4 is 56.3 Å². The van der Waals surface area contributed by atoms with Crippen molar-refractivity contribution in [2.75, 3.05) is 4.90 Å². The van der Waals surface area contributed by atoms with Crippen LogP contribution in [0.3, 0.4) is 0 Å². The molecular formula is C51H40N2O2.